The SMILES string of the molecule is CC(=O)SCC(C)C(=O)N1CCC[C@H]1C(=O)OC(C)(C)C. The molecule has 0 bridgehead atoms. The number of amides is 1. The van der Waals surface area contributed by atoms with Crippen molar-refractivity contribution < 1.29 is 19.1 Å². The summed E-state index contributed by atoms with van der Waals surface area (Å²) in [4.78, 5) is 37.2. The Morgan fingerprint density at radius 3 is 2.48 bits per heavy atom. The summed E-state index contributed by atoms with van der Waals surface area (Å²) >= 11 is 1.14. The third-order valence-electron chi connectivity index (χ3n) is 3.17. The third-order valence-corrected chi connectivity index (χ3v) is 4.25. The second kappa shape index (κ2) is 7.29. The van der Waals surface area contributed by atoms with Crippen LogP contribution >= 0.6 is 11.8 Å². The molecule has 0 aromatic heterocycles. The van der Waals surface area contributed by atoms with E-state index in [0.29, 0.717) is 18.7 Å². The third kappa shape index (κ3) is 5.69. The van der Waals surface area contributed by atoms with Crippen LogP contribution in [0.1, 0.15) is 47.5 Å². The normalized spacial score (nSPS) is 20.2. The van der Waals surface area contributed by atoms with Gasteiger partial charge in [-0.1, -0.05) is 18.7 Å². The average molecular weight is 315 g/mol. The molecule has 0 N–H and O–H groups in total. The van der Waals surface area contributed by atoms with Gasteiger partial charge in [-0.25, -0.2) is 4.79 Å². The molecule has 6 heteroatoms. The monoisotopic (exact) mass is 315 g/mol. The maximum absolute atomic E-state index is 12.4. The van der Waals surface area contributed by atoms with Crippen LogP contribution in [0.2, 0.25) is 0 Å². The van der Waals surface area contributed by atoms with Gasteiger partial charge in [0, 0.05) is 25.1 Å². The lowest BCUT2D eigenvalue weighted by Crippen LogP contribution is -2.45. The van der Waals surface area contributed by atoms with Crippen LogP contribution in [0.4, 0.5) is 0 Å². The Morgan fingerprint density at radius 1 is 1.33 bits per heavy atom. The number of hydrogen-bond acceptors (Lipinski definition) is 5. The van der Waals surface area contributed by atoms with Crippen molar-refractivity contribution in [3.63, 3.8) is 0 Å². The minimum absolute atomic E-state index is 0.000218. The summed E-state index contributed by atoms with van der Waals surface area (Å²) in [6.07, 6.45) is 1.45. The number of rotatable bonds is 4. The van der Waals surface area contributed by atoms with Gasteiger partial charge in [0.05, 0.1) is 0 Å². The Hall–Kier alpha value is -1.04. The highest BCUT2D eigenvalue weighted by molar-refractivity contribution is 8.13. The van der Waals surface area contributed by atoms with Crippen molar-refractivity contribution in [2.75, 3.05) is 12.3 Å². The standard InChI is InChI=1S/C15H25NO4S/c1-10(9-21-11(2)17)13(18)16-8-6-7-12(16)14(19)20-15(3,4)5/h10,12H,6-9H2,1-5H3/t10?,12-/m0/s1. The Kier molecular flexibility index (Phi) is 6.25. The fraction of sp³-hybridized carbons (Fsp3) is 0.800. The molecule has 1 aliphatic rings. The van der Waals surface area contributed by atoms with E-state index in [1.54, 1.807) is 11.8 Å². The molecule has 1 aliphatic heterocycles. The zero-order valence-corrected chi connectivity index (χ0v) is 14.3. The lowest BCUT2D eigenvalue weighted by atomic mass is 10.1. The number of ether oxygens (including phenoxy) is 1. The highest BCUT2D eigenvalue weighted by Crippen LogP contribution is 2.24. The van der Waals surface area contributed by atoms with Gasteiger partial charge in [-0.05, 0) is 33.6 Å². The Balaban J connectivity index is 2.65. The molecule has 21 heavy (non-hydrogen) atoms. The number of likely N-dealkylation sites (tertiary alicyclic amines) is 1. The van der Waals surface area contributed by atoms with Crippen molar-refractivity contribution in [2.24, 2.45) is 5.92 Å². The zero-order valence-electron chi connectivity index (χ0n) is 13.5. The van der Waals surface area contributed by atoms with E-state index in [9.17, 15) is 14.4 Å². The summed E-state index contributed by atoms with van der Waals surface area (Å²) in [6, 6.07) is -0.485. The van der Waals surface area contributed by atoms with Crippen molar-refractivity contribution in [3.8, 4) is 0 Å². The van der Waals surface area contributed by atoms with Gasteiger partial charge in [0.25, 0.3) is 0 Å². The predicted octanol–water partition coefficient (Wildman–Crippen LogP) is 2.23. The minimum Gasteiger partial charge on any atom is -0.458 e. The molecular formula is C15H25NO4S. The van der Waals surface area contributed by atoms with E-state index in [1.807, 2.05) is 20.8 Å². The maximum Gasteiger partial charge on any atom is 0.329 e. The minimum atomic E-state index is -0.551. The van der Waals surface area contributed by atoms with Crippen LogP contribution in [0, 0.1) is 5.92 Å². The highest BCUT2D eigenvalue weighted by Gasteiger charge is 2.38. The van der Waals surface area contributed by atoms with Gasteiger partial charge < -0.3 is 9.64 Å². The summed E-state index contributed by atoms with van der Waals surface area (Å²) < 4.78 is 5.39. The lowest BCUT2D eigenvalue weighted by Gasteiger charge is -2.29. The molecule has 0 spiro atoms. The predicted molar refractivity (Wildman–Crippen MR) is 82.9 cm³/mol. The summed E-state index contributed by atoms with van der Waals surface area (Å²) in [5, 5.41) is -0.000218. The zero-order chi connectivity index (χ0) is 16.2. The first-order valence-corrected chi connectivity index (χ1v) is 8.27. The smallest absolute Gasteiger partial charge is 0.329 e. The van der Waals surface area contributed by atoms with Gasteiger partial charge in [0.1, 0.15) is 11.6 Å². The van der Waals surface area contributed by atoms with Gasteiger partial charge in [-0.3, -0.25) is 9.59 Å². The first-order valence-electron chi connectivity index (χ1n) is 7.28. The summed E-state index contributed by atoms with van der Waals surface area (Å²) in [5.41, 5.74) is -0.551. The van der Waals surface area contributed by atoms with Crippen LogP contribution in [0.15, 0.2) is 0 Å². The molecule has 0 saturated carbocycles. The maximum atomic E-state index is 12.4. The second-order valence-electron chi connectivity index (χ2n) is 6.43. The molecular weight excluding hydrogens is 290 g/mol. The quantitative estimate of drug-likeness (QED) is 0.744. The molecule has 1 saturated heterocycles. The molecule has 0 radical (unpaired) electrons. The Morgan fingerprint density at radius 2 is 1.95 bits per heavy atom. The second-order valence-corrected chi connectivity index (χ2v) is 7.62. The molecule has 1 fully saturated rings. The van der Waals surface area contributed by atoms with Crippen molar-refractivity contribution in [2.45, 2.75) is 59.1 Å². The van der Waals surface area contributed by atoms with Gasteiger partial charge in [-0.2, -0.15) is 0 Å². The van der Waals surface area contributed by atoms with Gasteiger partial charge >= 0.3 is 5.97 Å². The molecule has 1 amide bonds. The Bertz CT molecular complexity index is 416. The van der Waals surface area contributed by atoms with Crippen molar-refractivity contribution in [1.29, 1.82) is 0 Å². The van der Waals surface area contributed by atoms with Gasteiger partial charge in [0.15, 0.2) is 5.12 Å². The fourth-order valence-corrected chi connectivity index (χ4v) is 2.87. The van der Waals surface area contributed by atoms with E-state index in [1.165, 1.54) is 6.92 Å². The van der Waals surface area contributed by atoms with Crippen LogP contribution in [0.3, 0.4) is 0 Å². The van der Waals surface area contributed by atoms with Crippen LogP contribution in [-0.2, 0) is 19.1 Å². The van der Waals surface area contributed by atoms with Gasteiger partial charge in [0.2, 0.25) is 5.91 Å². The molecule has 0 aromatic rings. The number of thioether (sulfide) groups is 1. The molecule has 0 aliphatic carbocycles. The van der Waals surface area contributed by atoms with Crippen LogP contribution < -0.4 is 0 Å². The van der Waals surface area contributed by atoms with E-state index in [-0.39, 0.29) is 22.9 Å². The number of carbonyl (C=O) groups is 3. The molecule has 5 nitrogen and oxygen atoms in total. The van der Waals surface area contributed by atoms with E-state index in [0.717, 1.165) is 18.2 Å². The fourth-order valence-electron chi connectivity index (χ4n) is 2.24. The van der Waals surface area contributed by atoms with Gasteiger partial charge in [-0.15, -0.1) is 0 Å². The number of hydrogen-bond donors (Lipinski definition) is 0. The van der Waals surface area contributed by atoms with Crippen LogP contribution in [-0.4, -0.2) is 45.8 Å². The highest BCUT2D eigenvalue weighted by atomic mass is 32.2. The number of esters is 1. The molecule has 1 unspecified atom stereocenters. The van der Waals surface area contributed by atoms with E-state index < -0.39 is 11.6 Å². The first-order chi connectivity index (χ1) is 9.61. The molecule has 0 aromatic carbocycles. The summed E-state index contributed by atoms with van der Waals surface area (Å²) in [5.74, 6) is -0.232. The molecule has 1 rings (SSSR count). The molecule has 2 atom stereocenters. The van der Waals surface area contributed by atoms with E-state index >= 15 is 0 Å². The molecule has 1 heterocycles. The largest absolute Gasteiger partial charge is 0.458 e. The van der Waals surface area contributed by atoms with Crippen molar-refractivity contribution in [1.82, 2.24) is 4.90 Å². The van der Waals surface area contributed by atoms with Crippen LogP contribution in [0.5, 0.6) is 0 Å². The number of carbonyl (C=O) groups excluding carboxylic acids is 3. The lowest BCUT2D eigenvalue weighted by molar-refractivity contribution is -0.163. The topological polar surface area (TPSA) is 63.7 Å². The summed E-state index contributed by atoms with van der Waals surface area (Å²) in [7, 11) is 0. The van der Waals surface area contributed by atoms with E-state index in [4.69, 9.17) is 4.74 Å². The Labute approximate surface area is 130 Å². The van der Waals surface area contributed by atoms with Crippen molar-refractivity contribution >= 4 is 28.8 Å². The van der Waals surface area contributed by atoms with Crippen LogP contribution in [0.25, 0.3) is 0 Å². The summed E-state index contributed by atoms with van der Waals surface area (Å²) in [6.45, 7) is 9.32. The van der Waals surface area contributed by atoms with E-state index in [2.05, 4.69) is 0 Å². The first kappa shape index (κ1) is 18.0. The number of nitrogens with zero attached hydrogens (tertiary/aromatic N) is 1. The molecule has 120 valence electrons. The van der Waals surface area contributed by atoms with Crippen molar-refractivity contribution in [3.05, 3.63) is 0 Å². The average Bonchev–Trinajstić information content (AvgIpc) is 2.81.